The maximum atomic E-state index is 3.46. The average molecular weight is 262 g/mol. The van der Waals surface area contributed by atoms with Crippen LogP contribution < -0.4 is 5.32 Å². The summed E-state index contributed by atoms with van der Waals surface area (Å²) in [5.74, 6) is 0.775. The van der Waals surface area contributed by atoms with Crippen LogP contribution >= 0.6 is 0 Å². The van der Waals surface area contributed by atoms with E-state index in [9.17, 15) is 0 Å². The van der Waals surface area contributed by atoms with Crippen molar-refractivity contribution < 1.29 is 0 Å². The summed E-state index contributed by atoms with van der Waals surface area (Å²) in [5.41, 5.74) is 4.14. The van der Waals surface area contributed by atoms with Crippen LogP contribution in [0.1, 0.15) is 43.0 Å². The predicted molar refractivity (Wildman–Crippen MR) is 84.7 cm³/mol. The molecule has 0 saturated heterocycles. The zero-order chi connectivity index (χ0) is 14.4. The van der Waals surface area contributed by atoms with E-state index in [4.69, 9.17) is 0 Å². The Labute approximate surface area is 119 Å². The van der Waals surface area contributed by atoms with Gasteiger partial charge in [0.1, 0.15) is 0 Å². The molecule has 0 heterocycles. The van der Waals surface area contributed by atoms with Crippen LogP contribution in [-0.2, 0) is 0 Å². The normalized spacial score (nSPS) is 13.3. The highest BCUT2D eigenvalue weighted by molar-refractivity contribution is 5.33. The van der Waals surface area contributed by atoms with Gasteiger partial charge in [-0.15, -0.1) is 0 Å². The van der Waals surface area contributed by atoms with Crippen molar-refractivity contribution in [2.24, 2.45) is 5.92 Å². The van der Waals surface area contributed by atoms with Crippen molar-refractivity contribution in [1.29, 1.82) is 0 Å². The minimum atomic E-state index is 0.415. The SMILES string of the molecule is CNC(CN(C)CCC(C)C)c1ccc(C)cc1C. The Bertz CT molecular complexity index is 385. The molecule has 0 saturated carbocycles. The molecule has 2 heteroatoms. The standard InChI is InChI=1S/C17H30N2/c1-13(2)9-10-19(6)12-17(18-5)16-8-7-14(3)11-15(16)4/h7-8,11,13,17-18H,9-10,12H2,1-6H3. The first kappa shape index (κ1) is 16.2. The average Bonchev–Trinajstić information content (AvgIpc) is 2.34. The molecular weight excluding hydrogens is 232 g/mol. The number of nitrogens with one attached hydrogen (secondary N) is 1. The molecule has 2 nitrogen and oxygen atoms in total. The van der Waals surface area contributed by atoms with Gasteiger partial charge in [0, 0.05) is 12.6 Å². The van der Waals surface area contributed by atoms with Gasteiger partial charge in [-0.2, -0.15) is 0 Å². The number of benzene rings is 1. The molecule has 0 aliphatic rings. The zero-order valence-corrected chi connectivity index (χ0v) is 13.5. The van der Waals surface area contributed by atoms with Crippen LogP contribution in [-0.4, -0.2) is 32.1 Å². The second-order valence-electron chi connectivity index (χ2n) is 6.15. The summed E-state index contributed by atoms with van der Waals surface area (Å²) in [6.07, 6.45) is 1.26. The fraction of sp³-hybridized carbons (Fsp3) is 0.647. The maximum absolute atomic E-state index is 3.46. The Morgan fingerprint density at radius 3 is 2.42 bits per heavy atom. The monoisotopic (exact) mass is 262 g/mol. The van der Waals surface area contributed by atoms with Crippen molar-refractivity contribution in [2.45, 2.75) is 40.2 Å². The van der Waals surface area contributed by atoms with Crippen molar-refractivity contribution in [3.63, 3.8) is 0 Å². The number of hydrogen-bond donors (Lipinski definition) is 1. The molecule has 1 atom stereocenters. The molecule has 0 radical (unpaired) electrons. The molecule has 0 fully saturated rings. The second-order valence-corrected chi connectivity index (χ2v) is 6.15. The first-order valence-corrected chi connectivity index (χ1v) is 7.37. The minimum Gasteiger partial charge on any atom is -0.312 e. The summed E-state index contributed by atoms with van der Waals surface area (Å²) in [7, 11) is 4.27. The number of likely N-dealkylation sites (N-methyl/N-ethyl adjacent to an activating group) is 2. The molecule has 0 bridgehead atoms. The molecule has 0 amide bonds. The van der Waals surface area contributed by atoms with E-state index in [1.807, 2.05) is 0 Å². The summed E-state index contributed by atoms with van der Waals surface area (Å²) in [6, 6.07) is 7.16. The molecule has 0 aromatic heterocycles. The second kappa shape index (κ2) is 7.66. The highest BCUT2D eigenvalue weighted by atomic mass is 15.1. The third-order valence-corrected chi connectivity index (χ3v) is 3.73. The van der Waals surface area contributed by atoms with E-state index in [1.165, 1.54) is 29.7 Å². The molecular formula is C17H30N2. The maximum Gasteiger partial charge on any atom is 0.0449 e. The predicted octanol–water partition coefficient (Wildman–Crippen LogP) is 3.54. The summed E-state index contributed by atoms with van der Waals surface area (Å²) in [5, 5.41) is 3.46. The summed E-state index contributed by atoms with van der Waals surface area (Å²) in [6.45, 7) is 11.2. The van der Waals surface area contributed by atoms with Crippen LogP contribution in [0.5, 0.6) is 0 Å². The van der Waals surface area contributed by atoms with Crippen LogP contribution in [0, 0.1) is 19.8 Å². The highest BCUT2D eigenvalue weighted by Crippen LogP contribution is 2.19. The van der Waals surface area contributed by atoms with Crippen LogP contribution in [0.15, 0.2) is 18.2 Å². The van der Waals surface area contributed by atoms with Gasteiger partial charge in [-0.05, 0) is 58.0 Å². The van der Waals surface area contributed by atoms with Crippen LogP contribution in [0.25, 0.3) is 0 Å². The van der Waals surface area contributed by atoms with Gasteiger partial charge in [-0.1, -0.05) is 37.6 Å². The van der Waals surface area contributed by atoms with Crippen molar-refractivity contribution >= 4 is 0 Å². The minimum absolute atomic E-state index is 0.415. The van der Waals surface area contributed by atoms with E-state index >= 15 is 0 Å². The summed E-state index contributed by atoms with van der Waals surface area (Å²) < 4.78 is 0. The van der Waals surface area contributed by atoms with Crippen LogP contribution in [0.2, 0.25) is 0 Å². The van der Waals surface area contributed by atoms with Gasteiger partial charge in [-0.25, -0.2) is 0 Å². The van der Waals surface area contributed by atoms with E-state index in [0.717, 1.165) is 12.5 Å². The Morgan fingerprint density at radius 1 is 1.21 bits per heavy atom. The highest BCUT2D eigenvalue weighted by Gasteiger charge is 2.14. The lowest BCUT2D eigenvalue weighted by Crippen LogP contribution is -2.32. The number of aryl methyl sites for hydroxylation is 2. The molecule has 0 aliphatic heterocycles. The lowest BCUT2D eigenvalue weighted by Gasteiger charge is -2.26. The summed E-state index contributed by atoms with van der Waals surface area (Å²) >= 11 is 0. The Balaban J connectivity index is 2.67. The number of rotatable bonds is 7. The topological polar surface area (TPSA) is 15.3 Å². The molecule has 0 spiro atoms. The van der Waals surface area contributed by atoms with E-state index in [1.54, 1.807) is 0 Å². The lowest BCUT2D eigenvalue weighted by molar-refractivity contribution is 0.279. The van der Waals surface area contributed by atoms with E-state index in [-0.39, 0.29) is 0 Å². The van der Waals surface area contributed by atoms with Gasteiger partial charge in [0.2, 0.25) is 0 Å². The Morgan fingerprint density at radius 2 is 1.89 bits per heavy atom. The first-order chi connectivity index (χ1) is 8.93. The van der Waals surface area contributed by atoms with Crippen molar-refractivity contribution in [1.82, 2.24) is 10.2 Å². The molecule has 1 aromatic carbocycles. The van der Waals surface area contributed by atoms with E-state index in [0.29, 0.717) is 6.04 Å². The van der Waals surface area contributed by atoms with E-state index in [2.05, 4.69) is 70.2 Å². The summed E-state index contributed by atoms with van der Waals surface area (Å²) in [4.78, 5) is 2.43. The largest absolute Gasteiger partial charge is 0.312 e. The Hall–Kier alpha value is -0.860. The molecule has 19 heavy (non-hydrogen) atoms. The fourth-order valence-electron chi connectivity index (χ4n) is 2.44. The smallest absolute Gasteiger partial charge is 0.0449 e. The molecule has 0 aliphatic carbocycles. The van der Waals surface area contributed by atoms with Crippen molar-refractivity contribution in [2.75, 3.05) is 27.2 Å². The number of nitrogens with zero attached hydrogens (tertiary/aromatic N) is 1. The molecule has 1 unspecified atom stereocenters. The van der Waals surface area contributed by atoms with Crippen LogP contribution in [0.4, 0.5) is 0 Å². The zero-order valence-electron chi connectivity index (χ0n) is 13.5. The lowest BCUT2D eigenvalue weighted by atomic mass is 9.99. The third-order valence-electron chi connectivity index (χ3n) is 3.73. The third kappa shape index (κ3) is 5.33. The first-order valence-electron chi connectivity index (χ1n) is 7.37. The molecule has 1 rings (SSSR count). The van der Waals surface area contributed by atoms with Gasteiger partial charge in [0.25, 0.3) is 0 Å². The fourth-order valence-corrected chi connectivity index (χ4v) is 2.44. The van der Waals surface area contributed by atoms with Gasteiger partial charge in [0.05, 0.1) is 0 Å². The van der Waals surface area contributed by atoms with Gasteiger partial charge >= 0.3 is 0 Å². The van der Waals surface area contributed by atoms with E-state index < -0.39 is 0 Å². The number of hydrogen-bond acceptors (Lipinski definition) is 2. The van der Waals surface area contributed by atoms with Crippen LogP contribution in [0.3, 0.4) is 0 Å². The molecule has 1 aromatic rings. The van der Waals surface area contributed by atoms with Gasteiger partial charge in [0.15, 0.2) is 0 Å². The van der Waals surface area contributed by atoms with Crippen molar-refractivity contribution in [3.05, 3.63) is 34.9 Å². The van der Waals surface area contributed by atoms with Gasteiger partial charge in [-0.3, -0.25) is 0 Å². The van der Waals surface area contributed by atoms with Gasteiger partial charge < -0.3 is 10.2 Å². The Kier molecular flexibility index (Phi) is 6.53. The molecule has 1 N–H and O–H groups in total. The quantitative estimate of drug-likeness (QED) is 0.808. The van der Waals surface area contributed by atoms with Crippen molar-refractivity contribution in [3.8, 4) is 0 Å². The molecule has 108 valence electrons.